The van der Waals surface area contributed by atoms with Crippen LogP contribution in [0.2, 0.25) is 0 Å². The molecule has 0 atom stereocenters. The molecule has 4 rings (SSSR count). The predicted octanol–water partition coefficient (Wildman–Crippen LogP) is 3.47. The second-order valence-electron chi connectivity index (χ2n) is 7.22. The minimum absolute atomic E-state index is 0.0494. The van der Waals surface area contributed by atoms with E-state index in [-0.39, 0.29) is 18.1 Å². The molecule has 1 saturated carbocycles. The van der Waals surface area contributed by atoms with Crippen molar-refractivity contribution < 1.29 is 9.53 Å². The van der Waals surface area contributed by atoms with Gasteiger partial charge in [-0.1, -0.05) is 0 Å². The molecule has 140 valence electrons. The number of hydrogen-bond acceptors (Lipinski definition) is 4. The number of hydrogen-bond donors (Lipinski definition) is 1. The van der Waals surface area contributed by atoms with Crippen molar-refractivity contribution in [2.24, 2.45) is 0 Å². The standard InChI is InChI=1S/C21H24N4O2/c1-14-12-15(2)25-11-9-19(20(25)23-14)21(26)24-16-5-7-17(8-6-16)27-18-4-3-10-22-13-18/h3-4,9-13,16-17H,5-8H2,1-2H3,(H,24,26)/t16-,17-. The zero-order chi connectivity index (χ0) is 18.8. The highest BCUT2D eigenvalue weighted by molar-refractivity contribution is 6.00. The fraction of sp³-hybridized carbons (Fsp3) is 0.381. The normalized spacial score (nSPS) is 19.8. The van der Waals surface area contributed by atoms with Crippen molar-refractivity contribution in [2.75, 3.05) is 0 Å². The zero-order valence-electron chi connectivity index (χ0n) is 15.7. The van der Waals surface area contributed by atoms with Crippen LogP contribution in [0.5, 0.6) is 5.75 Å². The molecule has 1 amide bonds. The summed E-state index contributed by atoms with van der Waals surface area (Å²) in [5.74, 6) is 0.758. The summed E-state index contributed by atoms with van der Waals surface area (Å²) in [6.45, 7) is 3.97. The summed E-state index contributed by atoms with van der Waals surface area (Å²) in [7, 11) is 0. The molecule has 6 nitrogen and oxygen atoms in total. The highest BCUT2D eigenvalue weighted by Gasteiger charge is 2.25. The van der Waals surface area contributed by atoms with Crippen LogP contribution in [-0.4, -0.2) is 32.4 Å². The molecule has 0 unspecified atom stereocenters. The molecule has 1 aliphatic rings. The van der Waals surface area contributed by atoms with Crippen LogP contribution in [0.15, 0.2) is 42.9 Å². The number of carbonyl (C=O) groups is 1. The molecule has 1 N–H and O–H groups in total. The van der Waals surface area contributed by atoms with Crippen LogP contribution in [0.3, 0.4) is 0 Å². The fourth-order valence-electron chi connectivity index (χ4n) is 3.77. The molecule has 6 heteroatoms. The maximum absolute atomic E-state index is 12.8. The number of nitrogens with one attached hydrogen (secondary N) is 1. The highest BCUT2D eigenvalue weighted by atomic mass is 16.5. The van der Waals surface area contributed by atoms with E-state index in [9.17, 15) is 4.79 Å². The smallest absolute Gasteiger partial charge is 0.255 e. The van der Waals surface area contributed by atoms with Gasteiger partial charge in [-0.3, -0.25) is 9.78 Å². The van der Waals surface area contributed by atoms with Crippen molar-refractivity contribution in [1.29, 1.82) is 0 Å². The lowest BCUT2D eigenvalue weighted by Crippen LogP contribution is -2.39. The Balaban J connectivity index is 1.37. The fourth-order valence-corrected chi connectivity index (χ4v) is 3.77. The number of nitrogens with zero attached hydrogens (tertiary/aromatic N) is 3. The average Bonchev–Trinajstić information content (AvgIpc) is 3.08. The first kappa shape index (κ1) is 17.5. The summed E-state index contributed by atoms with van der Waals surface area (Å²) in [6, 6.07) is 7.84. The van der Waals surface area contributed by atoms with E-state index in [4.69, 9.17) is 4.74 Å². The number of pyridine rings is 1. The molecule has 27 heavy (non-hydrogen) atoms. The van der Waals surface area contributed by atoms with E-state index in [2.05, 4.69) is 15.3 Å². The Morgan fingerprint density at radius 2 is 2.04 bits per heavy atom. The van der Waals surface area contributed by atoms with Crippen molar-refractivity contribution in [3.63, 3.8) is 0 Å². The maximum atomic E-state index is 12.8. The van der Waals surface area contributed by atoms with Gasteiger partial charge in [0.25, 0.3) is 5.91 Å². The predicted molar refractivity (Wildman–Crippen MR) is 103 cm³/mol. The number of ether oxygens (including phenoxy) is 1. The van der Waals surface area contributed by atoms with Gasteiger partial charge in [-0.05, 0) is 63.8 Å². The lowest BCUT2D eigenvalue weighted by molar-refractivity contribution is 0.0895. The van der Waals surface area contributed by atoms with Gasteiger partial charge in [-0.15, -0.1) is 0 Å². The van der Waals surface area contributed by atoms with Gasteiger partial charge in [-0.2, -0.15) is 0 Å². The van der Waals surface area contributed by atoms with Gasteiger partial charge in [0.1, 0.15) is 11.4 Å². The summed E-state index contributed by atoms with van der Waals surface area (Å²) < 4.78 is 7.94. The quantitative estimate of drug-likeness (QED) is 0.770. The van der Waals surface area contributed by atoms with Gasteiger partial charge in [0.2, 0.25) is 0 Å². The molecule has 3 aromatic heterocycles. The molecule has 0 aliphatic heterocycles. The Bertz CT molecular complexity index is 943. The van der Waals surface area contributed by atoms with E-state index < -0.39 is 0 Å². The van der Waals surface area contributed by atoms with Crippen LogP contribution in [0.4, 0.5) is 0 Å². The van der Waals surface area contributed by atoms with Crippen LogP contribution in [0.25, 0.3) is 5.65 Å². The van der Waals surface area contributed by atoms with Crippen LogP contribution < -0.4 is 10.1 Å². The third kappa shape index (κ3) is 3.79. The van der Waals surface area contributed by atoms with Crippen LogP contribution in [0, 0.1) is 13.8 Å². The molecular weight excluding hydrogens is 340 g/mol. The van der Waals surface area contributed by atoms with Crippen molar-refractivity contribution in [3.05, 3.63) is 59.8 Å². The summed E-state index contributed by atoms with van der Waals surface area (Å²) in [4.78, 5) is 21.4. The van der Waals surface area contributed by atoms with Crippen LogP contribution >= 0.6 is 0 Å². The molecule has 0 spiro atoms. The monoisotopic (exact) mass is 364 g/mol. The summed E-state index contributed by atoms with van der Waals surface area (Å²) in [5.41, 5.74) is 3.35. The average molecular weight is 364 g/mol. The van der Waals surface area contributed by atoms with Crippen molar-refractivity contribution in [3.8, 4) is 5.75 Å². The van der Waals surface area contributed by atoms with Gasteiger partial charge in [0.05, 0.1) is 17.9 Å². The SMILES string of the molecule is Cc1cc(C)n2ccc(C(=O)N[C@H]3CC[C@H](Oc4cccnc4)CC3)c2n1. The Morgan fingerprint density at radius 1 is 1.22 bits per heavy atom. The first-order chi connectivity index (χ1) is 13.1. The first-order valence-corrected chi connectivity index (χ1v) is 9.43. The van der Waals surface area contributed by atoms with E-state index in [1.54, 1.807) is 12.4 Å². The molecule has 1 fully saturated rings. The third-order valence-corrected chi connectivity index (χ3v) is 5.13. The van der Waals surface area contributed by atoms with Crippen molar-refractivity contribution >= 4 is 11.6 Å². The maximum Gasteiger partial charge on any atom is 0.255 e. The highest BCUT2D eigenvalue weighted by Crippen LogP contribution is 2.24. The number of fused-ring (bicyclic) bond motifs is 1. The number of carbonyl (C=O) groups excluding carboxylic acids is 1. The molecule has 0 saturated heterocycles. The van der Waals surface area contributed by atoms with Crippen LogP contribution in [0.1, 0.15) is 47.4 Å². The number of rotatable bonds is 4. The molecule has 0 radical (unpaired) electrons. The molecule has 0 aromatic carbocycles. The minimum atomic E-state index is -0.0494. The summed E-state index contributed by atoms with van der Waals surface area (Å²) >= 11 is 0. The molecular formula is C21H24N4O2. The van der Waals surface area contributed by atoms with E-state index in [1.807, 2.05) is 48.7 Å². The number of aromatic nitrogens is 3. The van der Waals surface area contributed by atoms with E-state index in [0.29, 0.717) is 5.56 Å². The van der Waals surface area contributed by atoms with Gasteiger partial charge in [0.15, 0.2) is 0 Å². The van der Waals surface area contributed by atoms with Crippen molar-refractivity contribution in [1.82, 2.24) is 19.7 Å². The Labute approximate surface area is 158 Å². The van der Waals surface area contributed by atoms with E-state index in [0.717, 1.165) is 48.5 Å². The van der Waals surface area contributed by atoms with E-state index >= 15 is 0 Å². The largest absolute Gasteiger partial charge is 0.489 e. The minimum Gasteiger partial charge on any atom is -0.489 e. The van der Waals surface area contributed by atoms with Gasteiger partial charge in [-0.25, -0.2) is 4.98 Å². The first-order valence-electron chi connectivity index (χ1n) is 9.43. The summed E-state index contributed by atoms with van der Waals surface area (Å²) in [5, 5.41) is 3.18. The molecule has 3 heterocycles. The summed E-state index contributed by atoms with van der Waals surface area (Å²) in [6.07, 6.45) is 9.24. The van der Waals surface area contributed by atoms with E-state index in [1.165, 1.54) is 0 Å². The topological polar surface area (TPSA) is 68.5 Å². The van der Waals surface area contributed by atoms with Crippen LogP contribution in [-0.2, 0) is 0 Å². The van der Waals surface area contributed by atoms with Gasteiger partial charge < -0.3 is 14.5 Å². The second kappa shape index (κ2) is 7.39. The van der Waals surface area contributed by atoms with Gasteiger partial charge in [0, 0.05) is 29.8 Å². The third-order valence-electron chi connectivity index (χ3n) is 5.13. The zero-order valence-corrected chi connectivity index (χ0v) is 15.7. The lowest BCUT2D eigenvalue weighted by atomic mass is 9.92. The number of aryl methyl sites for hydroxylation is 2. The molecule has 3 aromatic rings. The van der Waals surface area contributed by atoms with Crippen molar-refractivity contribution in [2.45, 2.75) is 51.7 Å². The Hall–Kier alpha value is -2.89. The Kier molecular flexibility index (Phi) is 4.79. The Morgan fingerprint density at radius 3 is 2.78 bits per heavy atom. The lowest BCUT2D eigenvalue weighted by Gasteiger charge is -2.29. The second-order valence-corrected chi connectivity index (χ2v) is 7.22. The molecule has 0 bridgehead atoms. The van der Waals surface area contributed by atoms with Gasteiger partial charge >= 0.3 is 0 Å². The number of amides is 1. The molecule has 1 aliphatic carbocycles.